The van der Waals surface area contributed by atoms with Gasteiger partial charge in [0.15, 0.2) is 0 Å². The van der Waals surface area contributed by atoms with Crippen molar-refractivity contribution in [2.45, 2.75) is 19.9 Å². The molecule has 1 aromatic rings. The van der Waals surface area contributed by atoms with E-state index in [1.807, 2.05) is 19.9 Å². The average Bonchev–Trinajstić information content (AvgIpc) is 2.95. The number of hydrogen-bond acceptors (Lipinski definition) is 3. The average molecular weight is 317 g/mol. The van der Waals surface area contributed by atoms with E-state index in [9.17, 15) is 9.59 Å². The molecule has 2 heterocycles. The second-order valence-electron chi connectivity index (χ2n) is 5.14. The lowest BCUT2D eigenvalue weighted by atomic mass is 9.99. The number of carboxylic acid groups (broad SMARTS) is 1. The summed E-state index contributed by atoms with van der Waals surface area (Å²) in [7, 11) is 0. The molecule has 0 bridgehead atoms. The summed E-state index contributed by atoms with van der Waals surface area (Å²) in [5.74, 6) is -1.34. The van der Waals surface area contributed by atoms with Crippen LogP contribution in [0, 0.1) is 11.8 Å². The summed E-state index contributed by atoms with van der Waals surface area (Å²) in [5.41, 5.74) is 0. The van der Waals surface area contributed by atoms with Gasteiger partial charge in [0, 0.05) is 18.0 Å². The van der Waals surface area contributed by atoms with Crippen LogP contribution in [0.25, 0.3) is 0 Å². The van der Waals surface area contributed by atoms with E-state index >= 15 is 0 Å². The quantitative estimate of drug-likeness (QED) is 0.901. The molecule has 1 aromatic heterocycles. The number of amides is 2. The molecule has 7 heteroatoms. The summed E-state index contributed by atoms with van der Waals surface area (Å²) in [6.45, 7) is 4.48. The second kappa shape index (κ2) is 6.01. The molecule has 5 nitrogen and oxygen atoms in total. The molecule has 1 aliphatic rings. The molecule has 2 amide bonds. The zero-order chi connectivity index (χ0) is 14.9. The maximum atomic E-state index is 12.1. The molecular formula is C13H17ClN2O3S. The minimum absolute atomic E-state index is 0.0234. The fourth-order valence-electron chi connectivity index (χ4n) is 2.36. The van der Waals surface area contributed by atoms with Gasteiger partial charge >= 0.3 is 12.0 Å². The maximum Gasteiger partial charge on any atom is 0.317 e. The number of hydrogen-bond donors (Lipinski definition) is 2. The number of aliphatic carboxylic acids is 1. The van der Waals surface area contributed by atoms with Crippen LogP contribution in [0.4, 0.5) is 4.79 Å². The van der Waals surface area contributed by atoms with E-state index in [0.29, 0.717) is 10.9 Å². The van der Waals surface area contributed by atoms with E-state index in [1.165, 1.54) is 11.3 Å². The number of nitrogens with one attached hydrogen (secondary N) is 1. The first-order valence-corrected chi connectivity index (χ1v) is 7.61. The topological polar surface area (TPSA) is 69.6 Å². The Hall–Kier alpha value is -1.27. The van der Waals surface area contributed by atoms with E-state index in [2.05, 4.69) is 5.32 Å². The van der Waals surface area contributed by atoms with E-state index in [0.717, 1.165) is 4.88 Å². The molecule has 1 saturated heterocycles. The van der Waals surface area contributed by atoms with Crippen LogP contribution in [0.1, 0.15) is 24.8 Å². The molecule has 2 rings (SSSR count). The number of halogens is 1. The second-order valence-corrected chi connectivity index (χ2v) is 6.89. The molecule has 1 fully saturated rings. The van der Waals surface area contributed by atoms with Crippen LogP contribution in [0.3, 0.4) is 0 Å². The number of urea groups is 1. The lowest BCUT2D eigenvalue weighted by Gasteiger charge is -2.20. The van der Waals surface area contributed by atoms with Crippen molar-refractivity contribution in [3.8, 4) is 0 Å². The zero-order valence-electron chi connectivity index (χ0n) is 11.3. The Morgan fingerprint density at radius 3 is 2.70 bits per heavy atom. The SMILES string of the molecule is CC(NC(=O)N1CC(C)C(C(=O)O)C1)c1ccc(Cl)s1. The third-order valence-electron chi connectivity index (χ3n) is 3.58. The molecular weight excluding hydrogens is 300 g/mol. The van der Waals surface area contributed by atoms with Crippen molar-refractivity contribution in [2.75, 3.05) is 13.1 Å². The number of rotatable bonds is 3. The van der Waals surface area contributed by atoms with Gasteiger partial charge in [0.25, 0.3) is 0 Å². The van der Waals surface area contributed by atoms with Crippen LogP contribution in [-0.4, -0.2) is 35.1 Å². The van der Waals surface area contributed by atoms with Crippen LogP contribution >= 0.6 is 22.9 Å². The van der Waals surface area contributed by atoms with Crippen LogP contribution < -0.4 is 5.32 Å². The normalized spacial score (nSPS) is 23.6. The van der Waals surface area contributed by atoms with E-state index < -0.39 is 11.9 Å². The van der Waals surface area contributed by atoms with Gasteiger partial charge in [-0.3, -0.25) is 4.79 Å². The van der Waals surface area contributed by atoms with Crippen LogP contribution in [-0.2, 0) is 4.79 Å². The van der Waals surface area contributed by atoms with Gasteiger partial charge in [-0.15, -0.1) is 11.3 Å². The Kier molecular flexibility index (Phi) is 4.55. The Balaban J connectivity index is 1.94. The van der Waals surface area contributed by atoms with Gasteiger partial charge in [0.05, 0.1) is 16.3 Å². The fraction of sp³-hybridized carbons (Fsp3) is 0.538. The molecule has 1 aliphatic heterocycles. The molecule has 3 atom stereocenters. The fourth-order valence-corrected chi connectivity index (χ4v) is 3.43. The number of likely N-dealkylation sites (tertiary alicyclic amines) is 1. The van der Waals surface area contributed by atoms with Crippen LogP contribution in [0.2, 0.25) is 4.34 Å². The van der Waals surface area contributed by atoms with Crippen molar-refractivity contribution in [1.82, 2.24) is 10.2 Å². The summed E-state index contributed by atoms with van der Waals surface area (Å²) in [6, 6.07) is 3.31. The molecule has 20 heavy (non-hydrogen) atoms. The first-order valence-electron chi connectivity index (χ1n) is 6.42. The van der Waals surface area contributed by atoms with Crippen LogP contribution in [0.15, 0.2) is 12.1 Å². The Labute approximate surface area is 126 Å². The highest BCUT2D eigenvalue weighted by Gasteiger charge is 2.37. The van der Waals surface area contributed by atoms with Crippen molar-refractivity contribution in [1.29, 1.82) is 0 Å². The van der Waals surface area contributed by atoms with Crippen molar-refractivity contribution in [2.24, 2.45) is 11.8 Å². The highest BCUT2D eigenvalue weighted by molar-refractivity contribution is 7.16. The van der Waals surface area contributed by atoms with Gasteiger partial charge in [-0.25, -0.2) is 4.79 Å². The van der Waals surface area contributed by atoms with E-state index in [-0.39, 0.29) is 24.5 Å². The Bertz CT molecular complexity index is 519. The number of carboxylic acids is 1. The van der Waals surface area contributed by atoms with Gasteiger partial charge in [-0.1, -0.05) is 18.5 Å². The molecule has 0 spiro atoms. The van der Waals surface area contributed by atoms with Gasteiger partial charge in [-0.2, -0.15) is 0 Å². The standard InChI is InChI=1S/C13H17ClN2O3S/c1-7-5-16(6-9(7)12(17)18)13(19)15-8(2)10-3-4-11(14)20-10/h3-4,7-9H,5-6H2,1-2H3,(H,15,19)(H,17,18). The highest BCUT2D eigenvalue weighted by atomic mass is 35.5. The predicted octanol–water partition coefficient (Wildman–Crippen LogP) is 2.82. The van der Waals surface area contributed by atoms with Crippen molar-refractivity contribution in [3.05, 3.63) is 21.3 Å². The van der Waals surface area contributed by atoms with Gasteiger partial charge < -0.3 is 15.3 Å². The summed E-state index contributed by atoms with van der Waals surface area (Å²) in [4.78, 5) is 25.7. The third kappa shape index (κ3) is 3.24. The minimum Gasteiger partial charge on any atom is -0.481 e. The molecule has 0 aliphatic carbocycles. The third-order valence-corrected chi connectivity index (χ3v) is 4.99. The Morgan fingerprint density at radius 2 is 2.20 bits per heavy atom. The maximum absolute atomic E-state index is 12.1. The van der Waals surface area contributed by atoms with E-state index in [1.54, 1.807) is 11.0 Å². The molecule has 0 aromatic carbocycles. The predicted molar refractivity (Wildman–Crippen MR) is 78.1 cm³/mol. The number of nitrogens with zero attached hydrogens (tertiary/aromatic N) is 1. The first-order chi connectivity index (χ1) is 9.38. The van der Waals surface area contributed by atoms with Gasteiger partial charge in [0.2, 0.25) is 0 Å². The number of carbonyl (C=O) groups excluding carboxylic acids is 1. The molecule has 3 unspecified atom stereocenters. The van der Waals surface area contributed by atoms with Crippen molar-refractivity contribution < 1.29 is 14.7 Å². The van der Waals surface area contributed by atoms with E-state index in [4.69, 9.17) is 16.7 Å². The molecule has 0 saturated carbocycles. The van der Waals surface area contributed by atoms with Crippen LogP contribution in [0.5, 0.6) is 0 Å². The Morgan fingerprint density at radius 1 is 1.50 bits per heavy atom. The van der Waals surface area contributed by atoms with Crippen molar-refractivity contribution in [3.63, 3.8) is 0 Å². The largest absolute Gasteiger partial charge is 0.481 e. The van der Waals surface area contributed by atoms with Gasteiger partial charge in [0.1, 0.15) is 0 Å². The molecule has 2 N–H and O–H groups in total. The zero-order valence-corrected chi connectivity index (χ0v) is 12.9. The number of thiophene rings is 1. The first kappa shape index (κ1) is 15.1. The van der Waals surface area contributed by atoms with Gasteiger partial charge in [-0.05, 0) is 25.0 Å². The minimum atomic E-state index is -0.842. The molecule has 0 radical (unpaired) electrons. The summed E-state index contributed by atoms with van der Waals surface area (Å²) < 4.78 is 0.682. The number of carbonyl (C=O) groups is 2. The van der Waals surface area contributed by atoms with Crippen molar-refractivity contribution >= 4 is 34.9 Å². The lowest BCUT2D eigenvalue weighted by molar-refractivity contribution is -0.142. The highest BCUT2D eigenvalue weighted by Crippen LogP contribution is 2.27. The smallest absolute Gasteiger partial charge is 0.317 e. The summed E-state index contributed by atoms with van der Waals surface area (Å²) >= 11 is 7.30. The summed E-state index contributed by atoms with van der Waals surface area (Å²) in [6.07, 6.45) is 0. The molecule has 110 valence electrons. The monoisotopic (exact) mass is 316 g/mol. The summed E-state index contributed by atoms with van der Waals surface area (Å²) in [5, 5.41) is 12.0. The lowest BCUT2D eigenvalue weighted by Crippen LogP contribution is -2.40.